The molecule has 16 nitrogen and oxygen atoms in total. The maximum absolute atomic E-state index is 14.7. The summed E-state index contributed by atoms with van der Waals surface area (Å²) in [7, 11) is 1.35. The third-order valence-corrected chi connectivity index (χ3v) is 17.4. The van der Waals surface area contributed by atoms with Crippen LogP contribution in [0.15, 0.2) is 11.6 Å². The number of esters is 2. The molecule has 2 heterocycles. The van der Waals surface area contributed by atoms with Crippen LogP contribution in [-0.4, -0.2) is 152 Å². The molecular formula is C42H66O16. The standard InChI is InChI=1S/C42H66O16/c1-37(35(52)54-6)11-13-42(36(53)58-34-31(51)29(49)28(48)24(17-43)56-34)14-12-40(4)20(21(42)15-37)7-8-26-38(2)16-22(45)32(57-33-30(50)27(47)23(46)18-55-33)39(3,19-44)25(38)9-10-41(26,40)5/h7,21-34,43-51H,8-19H2,1-6H3. The lowest BCUT2D eigenvalue weighted by molar-refractivity contribution is -0.328. The van der Waals surface area contributed by atoms with Crippen LogP contribution in [0.25, 0.3) is 0 Å². The highest BCUT2D eigenvalue weighted by Gasteiger charge is 2.72. The molecular weight excluding hydrogens is 760 g/mol. The zero-order chi connectivity index (χ0) is 42.5. The number of aliphatic hydroxyl groups excluding tert-OH is 9. The van der Waals surface area contributed by atoms with Crippen molar-refractivity contribution in [2.24, 2.45) is 50.2 Å². The van der Waals surface area contributed by atoms with Gasteiger partial charge in [0.1, 0.15) is 42.7 Å². The van der Waals surface area contributed by atoms with Gasteiger partial charge < -0.3 is 69.6 Å². The van der Waals surface area contributed by atoms with Gasteiger partial charge >= 0.3 is 11.9 Å². The van der Waals surface area contributed by atoms with Gasteiger partial charge in [0, 0.05) is 5.41 Å². The first-order chi connectivity index (χ1) is 27.1. The molecule has 0 spiro atoms. The number of rotatable bonds is 7. The Morgan fingerprint density at radius 3 is 2.10 bits per heavy atom. The molecule has 2 saturated heterocycles. The van der Waals surface area contributed by atoms with Crippen molar-refractivity contribution in [2.75, 3.05) is 26.9 Å². The van der Waals surface area contributed by atoms with Crippen LogP contribution < -0.4 is 0 Å². The minimum atomic E-state index is -1.76. The van der Waals surface area contributed by atoms with Gasteiger partial charge in [-0.25, -0.2) is 0 Å². The highest BCUT2D eigenvalue weighted by molar-refractivity contribution is 5.81. The van der Waals surface area contributed by atoms with Gasteiger partial charge in [0.25, 0.3) is 0 Å². The first-order valence-corrected chi connectivity index (χ1v) is 21.0. The van der Waals surface area contributed by atoms with Crippen molar-refractivity contribution in [3.8, 4) is 0 Å². The summed E-state index contributed by atoms with van der Waals surface area (Å²) in [6.07, 6.45) is -9.28. The first-order valence-electron chi connectivity index (χ1n) is 21.0. The summed E-state index contributed by atoms with van der Waals surface area (Å²) in [5.74, 6) is -1.63. The molecule has 4 saturated carbocycles. The molecule has 16 heteroatoms. The van der Waals surface area contributed by atoms with E-state index in [1.807, 2.05) is 13.8 Å². The van der Waals surface area contributed by atoms with E-state index in [1.165, 1.54) is 7.11 Å². The molecule has 330 valence electrons. The van der Waals surface area contributed by atoms with Gasteiger partial charge in [0.15, 0.2) is 6.29 Å². The second-order valence-corrected chi connectivity index (χ2v) is 20.1. The molecule has 7 aliphatic rings. The molecule has 0 amide bonds. The van der Waals surface area contributed by atoms with E-state index < -0.39 is 113 Å². The Morgan fingerprint density at radius 2 is 1.45 bits per heavy atom. The fraction of sp³-hybridized carbons (Fsp3) is 0.905. The van der Waals surface area contributed by atoms with Crippen molar-refractivity contribution in [1.29, 1.82) is 0 Å². The minimum Gasteiger partial charge on any atom is -0.469 e. The van der Waals surface area contributed by atoms with Crippen molar-refractivity contribution >= 4 is 11.9 Å². The van der Waals surface area contributed by atoms with Crippen molar-refractivity contribution in [3.63, 3.8) is 0 Å². The lowest BCUT2D eigenvalue weighted by Gasteiger charge is -2.71. The van der Waals surface area contributed by atoms with Crippen molar-refractivity contribution in [3.05, 3.63) is 11.6 Å². The normalized spacial score (nSPS) is 54.2. The Bertz CT molecular complexity index is 1610. The molecule has 2 aliphatic heterocycles. The maximum atomic E-state index is 14.7. The van der Waals surface area contributed by atoms with E-state index in [0.717, 1.165) is 12.0 Å². The Kier molecular flexibility index (Phi) is 11.6. The van der Waals surface area contributed by atoms with E-state index >= 15 is 0 Å². The number of carbonyl (C=O) groups is 2. The molecule has 9 N–H and O–H groups in total. The fourth-order valence-electron chi connectivity index (χ4n) is 13.7. The van der Waals surface area contributed by atoms with Gasteiger partial charge in [-0.3, -0.25) is 9.59 Å². The SMILES string of the molecule is COC(=O)C1(C)CCC2(C(=O)OC3OC(CO)C(O)C(O)C3O)CCC3(C)C(=CCC4C5(C)CC(O)C(OC6OCC(O)C(O)C6O)C(C)(CO)C5CCC43C)C2C1. The monoisotopic (exact) mass is 826 g/mol. The third-order valence-electron chi connectivity index (χ3n) is 17.4. The van der Waals surface area contributed by atoms with E-state index in [0.29, 0.717) is 44.9 Å². The summed E-state index contributed by atoms with van der Waals surface area (Å²) in [6.45, 7) is 9.20. The molecule has 58 heavy (non-hydrogen) atoms. The molecule has 7 rings (SSSR count). The number of fused-ring (bicyclic) bond motifs is 7. The van der Waals surface area contributed by atoms with E-state index in [9.17, 15) is 55.5 Å². The smallest absolute Gasteiger partial charge is 0.315 e. The molecule has 20 atom stereocenters. The largest absolute Gasteiger partial charge is 0.469 e. The number of aliphatic hydroxyl groups is 9. The summed E-state index contributed by atoms with van der Waals surface area (Å²) in [6, 6.07) is 0. The third kappa shape index (κ3) is 6.29. The summed E-state index contributed by atoms with van der Waals surface area (Å²) in [4.78, 5) is 28.1. The molecule has 0 aromatic carbocycles. The minimum absolute atomic E-state index is 0.00612. The predicted molar refractivity (Wildman–Crippen MR) is 201 cm³/mol. The maximum Gasteiger partial charge on any atom is 0.315 e. The van der Waals surface area contributed by atoms with Crippen LogP contribution in [0.2, 0.25) is 0 Å². The topological polar surface area (TPSA) is 262 Å². The number of carbonyl (C=O) groups excluding carboxylic acids is 2. The number of ether oxygens (including phenoxy) is 5. The van der Waals surface area contributed by atoms with Crippen molar-refractivity contribution in [1.82, 2.24) is 0 Å². The van der Waals surface area contributed by atoms with Crippen LogP contribution in [0.5, 0.6) is 0 Å². The van der Waals surface area contributed by atoms with Gasteiger partial charge in [-0.05, 0) is 98.7 Å². The molecule has 0 aromatic rings. The summed E-state index contributed by atoms with van der Waals surface area (Å²) >= 11 is 0. The Labute approximate surface area is 339 Å². The summed E-state index contributed by atoms with van der Waals surface area (Å²) in [5, 5.41) is 95.6. The van der Waals surface area contributed by atoms with Crippen LogP contribution >= 0.6 is 0 Å². The van der Waals surface area contributed by atoms with Crippen molar-refractivity contribution in [2.45, 2.75) is 160 Å². The van der Waals surface area contributed by atoms with E-state index in [-0.39, 0.29) is 42.9 Å². The molecule has 6 fully saturated rings. The quantitative estimate of drug-likeness (QED) is 0.0933. The summed E-state index contributed by atoms with van der Waals surface area (Å²) < 4.78 is 28.7. The first kappa shape index (κ1) is 44.3. The lowest BCUT2D eigenvalue weighted by Crippen LogP contribution is -2.69. The van der Waals surface area contributed by atoms with Crippen molar-refractivity contribution < 1.29 is 79.2 Å². The average Bonchev–Trinajstić information content (AvgIpc) is 3.19. The Balaban J connectivity index is 1.22. The number of methoxy groups -OCH3 is 1. The van der Waals surface area contributed by atoms with Gasteiger partial charge in [-0.15, -0.1) is 0 Å². The molecule has 0 radical (unpaired) electrons. The highest BCUT2D eigenvalue weighted by atomic mass is 16.7. The van der Waals surface area contributed by atoms with Crippen LogP contribution in [0.1, 0.15) is 92.4 Å². The molecule has 0 aromatic heterocycles. The average molecular weight is 827 g/mol. The van der Waals surface area contributed by atoms with E-state index in [1.54, 1.807) is 0 Å². The number of hydrogen-bond donors (Lipinski definition) is 9. The predicted octanol–water partition coefficient (Wildman–Crippen LogP) is 0.0517. The van der Waals surface area contributed by atoms with Crippen LogP contribution in [0.4, 0.5) is 0 Å². The Hall–Kier alpha value is -1.80. The van der Waals surface area contributed by atoms with Crippen LogP contribution in [0.3, 0.4) is 0 Å². The Morgan fingerprint density at radius 1 is 0.776 bits per heavy atom. The van der Waals surface area contributed by atoms with Crippen LogP contribution in [0, 0.1) is 50.2 Å². The van der Waals surface area contributed by atoms with E-state index in [4.69, 9.17) is 23.7 Å². The lowest BCUT2D eigenvalue weighted by atomic mass is 9.33. The van der Waals surface area contributed by atoms with E-state index in [2.05, 4.69) is 26.8 Å². The zero-order valence-electron chi connectivity index (χ0n) is 34.5. The van der Waals surface area contributed by atoms with Gasteiger partial charge in [0.05, 0.1) is 50.0 Å². The zero-order valence-corrected chi connectivity index (χ0v) is 34.5. The number of allylic oxidation sites excluding steroid dienone is 2. The summed E-state index contributed by atoms with van der Waals surface area (Å²) in [5.41, 5.74) is -3.35. The number of hydrogen-bond acceptors (Lipinski definition) is 16. The van der Waals surface area contributed by atoms with Gasteiger partial charge in [0.2, 0.25) is 6.29 Å². The highest BCUT2D eigenvalue weighted by Crippen LogP contribution is 2.76. The second kappa shape index (κ2) is 15.2. The van der Waals surface area contributed by atoms with Crippen LogP contribution in [-0.2, 0) is 33.3 Å². The van der Waals surface area contributed by atoms with Gasteiger partial charge in [-0.1, -0.05) is 39.3 Å². The molecule has 20 unspecified atom stereocenters. The van der Waals surface area contributed by atoms with Gasteiger partial charge in [-0.2, -0.15) is 0 Å². The molecule has 0 bridgehead atoms. The molecule has 5 aliphatic carbocycles. The second-order valence-electron chi connectivity index (χ2n) is 20.1. The fourth-order valence-corrected chi connectivity index (χ4v) is 13.7.